The van der Waals surface area contributed by atoms with Crippen molar-refractivity contribution in [1.29, 1.82) is 0 Å². The van der Waals surface area contributed by atoms with E-state index in [4.69, 9.17) is 21.1 Å². The summed E-state index contributed by atoms with van der Waals surface area (Å²) in [6, 6.07) is 5.76. The van der Waals surface area contributed by atoms with E-state index in [0.717, 1.165) is 11.1 Å². The summed E-state index contributed by atoms with van der Waals surface area (Å²) < 4.78 is 10.9. The van der Waals surface area contributed by atoms with Crippen LogP contribution in [0.3, 0.4) is 0 Å². The molecule has 0 aromatic heterocycles. The van der Waals surface area contributed by atoms with Crippen LogP contribution in [-0.4, -0.2) is 19.5 Å². The van der Waals surface area contributed by atoms with Crippen LogP contribution in [0, 0.1) is 0 Å². The molecule has 0 spiro atoms. The smallest absolute Gasteiger partial charge is 0.177 e. The van der Waals surface area contributed by atoms with E-state index in [1.54, 1.807) is 6.08 Å². The number of halogens is 1. The average molecular weight is 267 g/mol. The molecule has 0 aliphatic carbocycles. The fourth-order valence-corrected chi connectivity index (χ4v) is 1.78. The Labute approximate surface area is 114 Å². The molecule has 1 aromatic carbocycles. The normalized spacial score (nSPS) is 11.3. The molecule has 18 heavy (non-hydrogen) atoms. The van der Waals surface area contributed by atoms with E-state index in [-0.39, 0.29) is 6.29 Å². The van der Waals surface area contributed by atoms with Crippen molar-refractivity contribution in [2.45, 2.75) is 20.1 Å². The predicted molar refractivity (Wildman–Crippen MR) is 77.6 cm³/mol. The predicted octanol–water partition coefficient (Wildman–Crippen LogP) is 4.40. The molecule has 0 amide bonds. The number of benzene rings is 1. The third kappa shape index (κ3) is 5.05. The second-order valence-corrected chi connectivity index (χ2v) is 4.10. The Hall–Kier alpha value is -1.09. The highest BCUT2D eigenvalue weighted by Crippen LogP contribution is 2.17. The maximum atomic E-state index is 6.02. The molecule has 0 saturated carbocycles. The van der Waals surface area contributed by atoms with Crippen LogP contribution in [0.4, 0.5) is 0 Å². The number of hydrogen-bond donors (Lipinski definition) is 0. The lowest BCUT2D eigenvalue weighted by atomic mass is 10.1. The summed E-state index contributed by atoms with van der Waals surface area (Å²) in [4.78, 5) is 0. The van der Waals surface area contributed by atoms with Gasteiger partial charge in [0.1, 0.15) is 0 Å². The van der Waals surface area contributed by atoms with E-state index >= 15 is 0 Å². The molecule has 0 N–H and O–H groups in total. The zero-order chi connectivity index (χ0) is 13.4. The Morgan fingerprint density at radius 2 is 1.78 bits per heavy atom. The fourth-order valence-electron chi connectivity index (χ4n) is 1.53. The van der Waals surface area contributed by atoms with E-state index in [0.29, 0.717) is 18.2 Å². The van der Waals surface area contributed by atoms with Gasteiger partial charge in [-0.2, -0.15) is 0 Å². The van der Waals surface area contributed by atoms with E-state index < -0.39 is 0 Å². The molecular formula is C15H19ClO2. The van der Waals surface area contributed by atoms with Gasteiger partial charge in [-0.3, -0.25) is 0 Å². The molecule has 2 nitrogen and oxygen atoms in total. The van der Waals surface area contributed by atoms with Crippen molar-refractivity contribution in [3.05, 3.63) is 47.0 Å². The lowest BCUT2D eigenvalue weighted by molar-refractivity contribution is -0.103. The van der Waals surface area contributed by atoms with Crippen LogP contribution in [-0.2, 0) is 9.47 Å². The molecule has 0 heterocycles. The minimum absolute atomic E-state index is 0.314. The van der Waals surface area contributed by atoms with Gasteiger partial charge in [-0.25, -0.2) is 0 Å². The Balaban J connectivity index is 2.80. The van der Waals surface area contributed by atoms with Crippen molar-refractivity contribution in [3.63, 3.8) is 0 Å². The van der Waals surface area contributed by atoms with Gasteiger partial charge in [0.25, 0.3) is 0 Å². The topological polar surface area (TPSA) is 18.5 Å². The van der Waals surface area contributed by atoms with Crippen LogP contribution in [0.25, 0.3) is 12.2 Å². The summed E-state index contributed by atoms with van der Waals surface area (Å²) in [6.45, 7) is 8.84. The number of hydrogen-bond acceptors (Lipinski definition) is 2. The standard InChI is InChI=1S/C15H19ClO2/c1-4-12-9-13(11-14(16)10-12)7-8-15(17-5-2)18-6-3/h4,7-11,15H,1,5-6H2,2-3H3/b8-7+. The van der Waals surface area contributed by atoms with Gasteiger partial charge >= 0.3 is 0 Å². The Bertz CT molecular complexity index is 407. The molecule has 1 aromatic rings. The molecular weight excluding hydrogens is 248 g/mol. The number of ether oxygens (including phenoxy) is 2. The molecule has 3 heteroatoms. The Morgan fingerprint density at radius 3 is 2.33 bits per heavy atom. The second kappa shape index (κ2) is 8.09. The van der Waals surface area contributed by atoms with Crippen LogP contribution in [0.15, 0.2) is 30.9 Å². The van der Waals surface area contributed by atoms with Crippen molar-refractivity contribution in [2.24, 2.45) is 0 Å². The van der Waals surface area contributed by atoms with Crippen molar-refractivity contribution in [3.8, 4) is 0 Å². The summed E-state index contributed by atoms with van der Waals surface area (Å²) >= 11 is 6.02. The van der Waals surface area contributed by atoms with E-state index in [9.17, 15) is 0 Å². The second-order valence-electron chi connectivity index (χ2n) is 3.66. The van der Waals surface area contributed by atoms with E-state index in [1.165, 1.54) is 0 Å². The van der Waals surface area contributed by atoms with Crippen molar-refractivity contribution in [2.75, 3.05) is 13.2 Å². The molecule has 0 atom stereocenters. The lowest BCUT2D eigenvalue weighted by Gasteiger charge is -2.12. The lowest BCUT2D eigenvalue weighted by Crippen LogP contribution is -2.13. The van der Waals surface area contributed by atoms with E-state index in [1.807, 2.05) is 44.2 Å². The SMILES string of the molecule is C=Cc1cc(Cl)cc(/C=C/C(OCC)OCC)c1. The van der Waals surface area contributed by atoms with Crippen LogP contribution < -0.4 is 0 Å². The van der Waals surface area contributed by atoms with E-state index in [2.05, 4.69) is 6.58 Å². The summed E-state index contributed by atoms with van der Waals surface area (Å²) in [5, 5.41) is 0.691. The summed E-state index contributed by atoms with van der Waals surface area (Å²) in [6.07, 6.45) is 5.28. The molecule has 0 saturated heterocycles. The van der Waals surface area contributed by atoms with Gasteiger partial charge in [0.2, 0.25) is 0 Å². The molecule has 0 fully saturated rings. The quantitative estimate of drug-likeness (QED) is 0.681. The van der Waals surface area contributed by atoms with Gasteiger partial charge in [-0.05, 0) is 49.2 Å². The molecule has 0 bridgehead atoms. The Morgan fingerprint density at radius 1 is 1.17 bits per heavy atom. The molecule has 0 aliphatic heterocycles. The highest BCUT2D eigenvalue weighted by Gasteiger charge is 2.02. The maximum Gasteiger partial charge on any atom is 0.177 e. The van der Waals surface area contributed by atoms with Gasteiger partial charge in [0, 0.05) is 18.2 Å². The van der Waals surface area contributed by atoms with Gasteiger partial charge in [-0.1, -0.05) is 30.3 Å². The van der Waals surface area contributed by atoms with Gasteiger partial charge in [-0.15, -0.1) is 0 Å². The first-order chi connectivity index (χ1) is 8.69. The van der Waals surface area contributed by atoms with Crippen LogP contribution in [0.1, 0.15) is 25.0 Å². The number of rotatable bonds is 7. The van der Waals surface area contributed by atoms with Gasteiger partial charge in [0.15, 0.2) is 6.29 Å². The maximum absolute atomic E-state index is 6.02. The summed E-state index contributed by atoms with van der Waals surface area (Å²) in [5.74, 6) is 0. The molecule has 1 rings (SSSR count). The summed E-state index contributed by atoms with van der Waals surface area (Å²) in [7, 11) is 0. The fraction of sp³-hybridized carbons (Fsp3) is 0.333. The highest BCUT2D eigenvalue weighted by molar-refractivity contribution is 6.30. The highest BCUT2D eigenvalue weighted by atomic mass is 35.5. The third-order valence-corrected chi connectivity index (χ3v) is 2.50. The molecule has 0 radical (unpaired) electrons. The monoisotopic (exact) mass is 266 g/mol. The van der Waals surface area contributed by atoms with Crippen molar-refractivity contribution < 1.29 is 9.47 Å². The van der Waals surface area contributed by atoms with Crippen LogP contribution in [0.5, 0.6) is 0 Å². The van der Waals surface area contributed by atoms with Crippen molar-refractivity contribution >= 4 is 23.8 Å². The van der Waals surface area contributed by atoms with Gasteiger partial charge in [0.05, 0.1) is 0 Å². The van der Waals surface area contributed by atoms with Crippen LogP contribution >= 0.6 is 11.6 Å². The van der Waals surface area contributed by atoms with Crippen LogP contribution in [0.2, 0.25) is 5.02 Å². The third-order valence-electron chi connectivity index (χ3n) is 2.29. The minimum atomic E-state index is -0.314. The first kappa shape index (κ1) is 15.0. The first-order valence-electron chi connectivity index (χ1n) is 6.04. The molecule has 98 valence electrons. The summed E-state index contributed by atoms with van der Waals surface area (Å²) in [5.41, 5.74) is 1.99. The van der Waals surface area contributed by atoms with Crippen molar-refractivity contribution in [1.82, 2.24) is 0 Å². The average Bonchev–Trinajstić information content (AvgIpc) is 2.36. The zero-order valence-electron chi connectivity index (χ0n) is 10.9. The zero-order valence-corrected chi connectivity index (χ0v) is 11.6. The van der Waals surface area contributed by atoms with Gasteiger partial charge < -0.3 is 9.47 Å². The minimum Gasteiger partial charge on any atom is -0.349 e. The molecule has 0 unspecified atom stereocenters. The largest absolute Gasteiger partial charge is 0.349 e. The Kier molecular flexibility index (Phi) is 6.73. The molecule has 0 aliphatic rings. The first-order valence-corrected chi connectivity index (χ1v) is 6.41.